The van der Waals surface area contributed by atoms with Crippen molar-refractivity contribution in [2.24, 2.45) is 0 Å². The van der Waals surface area contributed by atoms with Crippen molar-refractivity contribution in [1.82, 2.24) is 14.6 Å². The fraction of sp³-hybridized carbons (Fsp3) is 0.500. The van der Waals surface area contributed by atoms with E-state index in [0.29, 0.717) is 11.7 Å². The number of fused-ring (bicyclic) bond motifs is 1. The van der Waals surface area contributed by atoms with Crippen molar-refractivity contribution in [2.75, 3.05) is 5.73 Å². The standard InChI is InChI=1S/C12H16N4O/c13-12-11-6-5-10(16(11)15-7-14-12)8-1-3-9(17)4-2-8/h5-9,17H,1-4H2,(H2,13,14,15). The van der Waals surface area contributed by atoms with Gasteiger partial charge in [0.2, 0.25) is 0 Å². The van der Waals surface area contributed by atoms with Crippen LogP contribution in [0.5, 0.6) is 0 Å². The minimum absolute atomic E-state index is 0.128. The largest absolute Gasteiger partial charge is 0.393 e. The summed E-state index contributed by atoms with van der Waals surface area (Å²) in [6.07, 6.45) is 5.13. The van der Waals surface area contributed by atoms with Crippen LogP contribution in [0.4, 0.5) is 5.82 Å². The zero-order valence-electron chi connectivity index (χ0n) is 9.58. The van der Waals surface area contributed by atoms with Crippen molar-refractivity contribution < 1.29 is 5.11 Å². The number of anilines is 1. The first-order chi connectivity index (χ1) is 8.25. The maximum absolute atomic E-state index is 9.53. The monoisotopic (exact) mass is 232 g/mol. The van der Waals surface area contributed by atoms with Gasteiger partial charge in [0.1, 0.15) is 11.8 Å². The quantitative estimate of drug-likeness (QED) is 0.777. The third-order valence-electron chi connectivity index (χ3n) is 3.63. The number of aliphatic hydroxyl groups excluding tert-OH is 1. The minimum atomic E-state index is -0.128. The predicted octanol–water partition coefficient (Wildman–Crippen LogP) is 1.33. The number of aromatic nitrogens is 3. The smallest absolute Gasteiger partial charge is 0.151 e. The summed E-state index contributed by atoms with van der Waals surface area (Å²) in [7, 11) is 0. The van der Waals surface area contributed by atoms with Crippen LogP contribution in [0.1, 0.15) is 37.3 Å². The number of hydrogen-bond acceptors (Lipinski definition) is 4. The van der Waals surface area contributed by atoms with E-state index < -0.39 is 0 Å². The zero-order valence-corrected chi connectivity index (χ0v) is 9.58. The van der Waals surface area contributed by atoms with Crippen LogP contribution in [0, 0.1) is 0 Å². The van der Waals surface area contributed by atoms with E-state index in [4.69, 9.17) is 5.73 Å². The molecule has 0 amide bonds. The lowest BCUT2D eigenvalue weighted by Gasteiger charge is -2.24. The number of nitrogens with two attached hydrogens (primary N) is 1. The van der Waals surface area contributed by atoms with E-state index in [2.05, 4.69) is 16.1 Å². The molecule has 0 radical (unpaired) electrons. The first kappa shape index (κ1) is 10.5. The molecule has 1 aliphatic carbocycles. The third kappa shape index (κ3) is 1.76. The van der Waals surface area contributed by atoms with Crippen LogP contribution in [0.2, 0.25) is 0 Å². The fourth-order valence-electron chi connectivity index (χ4n) is 2.65. The number of hydrogen-bond donors (Lipinski definition) is 2. The van der Waals surface area contributed by atoms with E-state index in [1.807, 2.05) is 10.6 Å². The molecular formula is C12H16N4O. The van der Waals surface area contributed by atoms with Gasteiger partial charge >= 0.3 is 0 Å². The molecule has 3 N–H and O–H groups in total. The lowest BCUT2D eigenvalue weighted by Crippen LogP contribution is -2.18. The predicted molar refractivity (Wildman–Crippen MR) is 64.6 cm³/mol. The molecule has 5 heteroatoms. The van der Waals surface area contributed by atoms with Crippen LogP contribution in [-0.2, 0) is 0 Å². The lowest BCUT2D eigenvalue weighted by atomic mass is 9.85. The van der Waals surface area contributed by atoms with E-state index in [0.717, 1.165) is 31.2 Å². The van der Waals surface area contributed by atoms with Gasteiger partial charge in [0, 0.05) is 11.6 Å². The summed E-state index contributed by atoms with van der Waals surface area (Å²) in [4.78, 5) is 3.98. The Hall–Kier alpha value is -1.62. The second-order valence-electron chi connectivity index (χ2n) is 4.71. The van der Waals surface area contributed by atoms with Crippen LogP contribution < -0.4 is 5.73 Å². The minimum Gasteiger partial charge on any atom is -0.393 e. The summed E-state index contributed by atoms with van der Waals surface area (Å²) in [6, 6.07) is 4.04. The Kier molecular flexibility index (Phi) is 2.48. The molecule has 0 bridgehead atoms. The highest BCUT2D eigenvalue weighted by atomic mass is 16.3. The molecule has 0 atom stereocenters. The van der Waals surface area contributed by atoms with Crippen LogP contribution in [-0.4, -0.2) is 25.8 Å². The van der Waals surface area contributed by atoms with Gasteiger partial charge in [-0.1, -0.05) is 0 Å². The zero-order chi connectivity index (χ0) is 11.8. The van der Waals surface area contributed by atoms with Crippen molar-refractivity contribution in [1.29, 1.82) is 0 Å². The Balaban J connectivity index is 1.98. The SMILES string of the molecule is Nc1ncnn2c(C3CCC(O)CC3)ccc12. The number of nitrogen functional groups attached to an aromatic ring is 1. The summed E-state index contributed by atoms with van der Waals surface area (Å²) < 4.78 is 1.88. The maximum Gasteiger partial charge on any atom is 0.151 e. The van der Waals surface area contributed by atoms with Gasteiger partial charge in [-0.3, -0.25) is 0 Å². The van der Waals surface area contributed by atoms with Gasteiger partial charge < -0.3 is 10.8 Å². The van der Waals surface area contributed by atoms with E-state index in [9.17, 15) is 5.11 Å². The Bertz CT molecular complexity index is 528. The molecule has 1 saturated carbocycles. The van der Waals surface area contributed by atoms with Gasteiger partial charge in [-0.2, -0.15) is 5.10 Å². The molecule has 2 aromatic heterocycles. The summed E-state index contributed by atoms with van der Waals surface area (Å²) in [6.45, 7) is 0. The molecule has 0 unspecified atom stereocenters. The van der Waals surface area contributed by atoms with Gasteiger partial charge in [-0.05, 0) is 37.8 Å². The molecule has 0 saturated heterocycles. The number of nitrogens with zero attached hydrogens (tertiary/aromatic N) is 3. The molecule has 0 spiro atoms. The normalized spacial score (nSPS) is 25.2. The van der Waals surface area contributed by atoms with E-state index >= 15 is 0 Å². The van der Waals surface area contributed by atoms with Crippen molar-refractivity contribution in [3.8, 4) is 0 Å². The van der Waals surface area contributed by atoms with E-state index in [1.165, 1.54) is 12.0 Å². The van der Waals surface area contributed by atoms with Crippen LogP contribution in [0.15, 0.2) is 18.5 Å². The van der Waals surface area contributed by atoms with Gasteiger partial charge in [0.25, 0.3) is 0 Å². The number of rotatable bonds is 1. The summed E-state index contributed by atoms with van der Waals surface area (Å²) in [5.74, 6) is 0.984. The molecule has 1 aliphatic rings. The third-order valence-corrected chi connectivity index (χ3v) is 3.63. The van der Waals surface area contributed by atoms with E-state index in [-0.39, 0.29) is 6.10 Å². The topological polar surface area (TPSA) is 76.4 Å². The molecule has 5 nitrogen and oxygen atoms in total. The molecule has 0 aliphatic heterocycles. The molecule has 17 heavy (non-hydrogen) atoms. The molecule has 2 aromatic rings. The van der Waals surface area contributed by atoms with Crippen molar-refractivity contribution in [2.45, 2.75) is 37.7 Å². The highest BCUT2D eigenvalue weighted by molar-refractivity contribution is 5.65. The van der Waals surface area contributed by atoms with Gasteiger partial charge in [0.15, 0.2) is 5.82 Å². The lowest BCUT2D eigenvalue weighted by molar-refractivity contribution is 0.121. The van der Waals surface area contributed by atoms with Crippen LogP contribution in [0.3, 0.4) is 0 Å². The summed E-state index contributed by atoms with van der Waals surface area (Å²) >= 11 is 0. The Morgan fingerprint density at radius 2 is 2.00 bits per heavy atom. The molecule has 0 aromatic carbocycles. The molecule has 2 heterocycles. The average Bonchev–Trinajstić information content (AvgIpc) is 2.75. The molecule has 90 valence electrons. The Morgan fingerprint density at radius 1 is 1.24 bits per heavy atom. The van der Waals surface area contributed by atoms with Gasteiger partial charge in [-0.15, -0.1) is 0 Å². The highest BCUT2D eigenvalue weighted by Gasteiger charge is 2.23. The second-order valence-corrected chi connectivity index (χ2v) is 4.71. The molecular weight excluding hydrogens is 216 g/mol. The fourth-order valence-corrected chi connectivity index (χ4v) is 2.65. The highest BCUT2D eigenvalue weighted by Crippen LogP contribution is 2.33. The van der Waals surface area contributed by atoms with E-state index in [1.54, 1.807) is 0 Å². The first-order valence-electron chi connectivity index (χ1n) is 6.02. The van der Waals surface area contributed by atoms with Crippen molar-refractivity contribution >= 4 is 11.3 Å². The molecule has 1 fully saturated rings. The van der Waals surface area contributed by atoms with Gasteiger partial charge in [-0.25, -0.2) is 9.50 Å². The Morgan fingerprint density at radius 3 is 2.76 bits per heavy atom. The van der Waals surface area contributed by atoms with Crippen molar-refractivity contribution in [3.63, 3.8) is 0 Å². The van der Waals surface area contributed by atoms with Crippen LogP contribution >= 0.6 is 0 Å². The first-order valence-corrected chi connectivity index (χ1v) is 6.02. The summed E-state index contributed by atoms with van der Waals surface area (Å²) in [5.41, 5.74) is 7.86. The maximum atomic E-state index is 9.53. The second kappa shape index (κ2) is 4.00. The van der Waals surface area contributed by atoms with Crippen LogP contribution in [0.25, 0.3) is 5.52 Å². The number of aliphatic hydroxyl groups is 1. The Labute approximate surface area is 99.3 Å². The molecule has 3 rings (SSSR count). The average molecular weight is 232 g/mol. The summed E-state index contributed by atoms with van der Waals surface area (Å²) in [5, 5.41) is 13.8. The van der Waals surface area contributed by atoms with Crippen molar-refractivity contribution in [3.05, 3.63) is 24.2 Å². The van der Waals surface area contributed by atoms with Gasteiger partial charge in [0.05, 0.1) is 6.10 Å².